The second-order valence-corrected chi connectivity index (χ2v) is 8.46. The summed E-state index contributed by atoms with van der Waals surface area (Å²) in [5, 5.41) is 13.6. The van der Waals surface area contributed by atoms with Crippen LogP contribution < -0.4 is 24.2 Å². The van der Waals surface area contributed by atoms with Crippen LogP contribution in [0.1, 0.15) is 17.2 Å². The van der Waals surface area contributed by atoms with Crippen LogP contribution in [0.4, 0.5) is 0 Å². The Kier molecular flexibility index (Phi) is 6.88. The average Bonchev–Trinajstić information content (AvgIpc) is 3.10. The van der Waals surface area contributed by atoms with Gasteiger partial charge in [0.15, 0.2) is 11.5 Å². The Hall–Kier alpha value is -3.78. The molecule has 0 radical (unpaired) electrons. The van der Waals surface area contributed by atoms with Crippen LogP contribution >= 0.6 is 0 Å². The number of amides is 1. The number of hydrogen-bond acceptors (Lipinski definition) is 6. The summed E-state index contributed by atoms with van der Waals surface area (Å²) >= 11 is 0. The lowest BCUT2D eigenvalue weighted by Crippen LogP contribution is -3.06. The summed E-state index contributed by atoms with van der Waals surface area (Å²) in [4.78, 5) is 28.7. The number of ketones is 1. The van der Waals surface area contributed by atoms with Gasteiger partial charge in [0.2, 0.25) is 5.78 Å². The molecule has 2 heterocycles. The van der Waals surface area contributed by atoms with E-state index in [1.165, 1.54) is 4.90 Å². The fourth-order valence-electron chi connectivity index (χ4n) is 4.03. The third-order valence-corrected chi connectivity index (χ3v) is 5.75. The molecular formula is C26H28N2O6. The Morgan fingerprint density at radius 3 is 2.53 bits per heavy atom. The summed E-state index contributed by atoms with van der Waals surface area (Å²) in [6.45, 7) is 5.77. The Bertz CT molecular complexity index is 1120. The summed E-state index contributed by atoms with van der Waals surface area (Å²) in [5.74, 6) is -0.313. The van der Waals surface area contributed by atoms with Gasteiger partial charge in [-0.1, -0.05) is 36.6 Å². The third kappa shape index (κ3) is 4.63. The predicted octanol–water partition coefficient (Wildman–Crippen LogP) is 0.391. The Balaban J connectivity index is 1.77. The van der Waals surface area contributed by atoms with Gasteiger partial charge in [-0.3, -0.25) is 9.59 Å². The van der Waals surface area contributed by atoms with E-state index in [4.69, 9.17) is 14.2 Å². The van der Waals surface area contributed by atoms with Gasteiger partial charge in [-0.15, -0.1) is 0 Å². The van der Waals surface area contributed by atoms with E-state index < -0.39 is 23.5 Å². The van der Waals surface area contributed by atoms with E-state index in [9.17, 15) is 14.7 Å². The minimum atomic E-state index is -0.784. The molecule has 2 aromatic carbocycles. The van der Waals surface area contributed by atoms with Gasteiger partial charge in [-0.2, -0.15) is 0 Å². The summed E-state index contributed by atoms with van der Waals surface area (Å²) in [5.41, 5.74) is 0.881. The number of carbonyl (C=O) groups is 2. The maximum absolute atomic E-state index is 13.6. The van der Waals surface area contributed by atoms with Crippen molar-refractivity contribution in [3.8, 4) is 17.2 Å². The number of likely N-dealkylation sites (tertiary alicyclic amines) is 1. The van der Waals surface area contributed by atoms with Crippen molar-refractivity contribution in [2.45, 2.75) is 6.04 Å². The molecule has 2 aromatic rings. The maximum atomic E-state index is 13.6. The van der Waals surface area contributed by atoms with Gasteiger partial charge >= 0.3 is 0 Å². The predicted molar refractivity (Wildman–Crippen MR) is 124 cm³/mol. The van der Waals surface area contributed by atoms with E-state index in [2.05, 4.69) is 6.58 Å². The van der Waals surface area contributed by atoms with E-state index in [0.29, 0.717) is 55.7 Å². The summed E-state index contributed by atoms with van der Waals surface area (Å²) < 4.78 is 16.7. The van der Waals surface area contributed by atoms with Gasteiger partial charge in [0.05, 0.1) is 33.2 Å². The van der Waals surface area contributed by atoms with E-state index in [1.807, 2.05) is 14.1 Å². The Labute approximate surface area is 198 Å². The van der Waals surface area contributed by atoms with Gasteiger partial charge in [0, 0.05) is 5.57 Å². The molecule has 1 unspecified atom stereocenters. The largest absolute Gasteiger partial charge is 0.872 e. The van der Waals surface area contributed by atoms with Crippen LogP contribution in [0.25, 0.3) is 5.76 Å². The first-order valence-corrected chi connectivity index (χ1v) is 11.2. The number of quaternary nitrogens is 1. The highest BCUT2D eigenvalue weighted by Crippen LogP contribution is 2.40. The number of nitrogens with zero attached hydrogens (tertiary/aromatic N) is 1. The maximum Gasteiger partial charge on any atom is 0.295 e. The molecule has 4 rings (SSSR count). The molecule has 34 heavy (non-hydrogen) atoms. The molecule has 0 saturated carbocycles. The molecule has 0 aliphatic carbocycles. The molecule has 1 atom stereocenters. The molecule has 0 aromatic heterocycles. The number of rotatable bonds is 8. The second kappa shape index (κ2) is 10.0. The minimum Gasteiger partial charge on any atom is -0.872 e. The van der Waals surface area contributed by atoms with Crippen molar-refractivity contribution in [3.63, 3.8) is 0 Å². The molecule has 8 nitrogen and oxygen atoms in total. The molecule has 0 spiro atoms. The fraction of sp³-hybridized carbons (Fsp3) is 0.308. The summed E-state index contributed by atoms with van der Waals surface area (Å²) in [7, 11) is 3.93. The Morgan fingerprint density at radius 1 is 1.15 bits per heavy atom. The number of hydrogen-bond donors (Lipinski definition) is 1. The van der Waals surface area contributed by atoms with Crippen LogP contribution in [0.3, 0.4) is 0 Å². The standard InChI is InChI=1S/C26H28N2O6/c1-4-13-32-19-8-5-17(6-9-19)23-22(25(30)26(31)28(23)12-11-27(2)3)24(29)18-7-10-20-21(16-18)34-15-14-33-20/h4-10,16,23,29H,1,11-15H2,2-3H3/b24-22+. The number of benzene rings is 2. The molecule has 1 N–H and O–H groups in total. The Morgan fingerprint density at radius 2 is 1.85 bits per heavy atom. The van der Waals surface area contributed by atoms with Crippen molar-refractivity contribution in [2.24, 2.45) is 0 Å². The van der Waals surface area contributed by atoms with Crippen LogP contribution in [-0.4, -0.2) is 63.6 Å². The van der Waals surface area contributed by atoms with Crippen LogP contribution in [-0.2, 0) is 9.59 Å². The lowest BCUT2D eigenvalue weighted by Gasteiger charge is -2.28. The first kappa shape index (κ1) is 23.4. The number of nitrogens with one attached hydrogen (secondary N) is 1. The van der Waals surface area contributed by atoms with Crippen LogP contribution in [0.5, 0.6) is 17.2 Å². The molecule has 0 bridgehead atoms. The first-order valence-electron chi connectivity index (χ1n) is 11.2. The number of carbonyl (C=O) groups excluding carboxylic acids is 2. The summed E-state index contributed by atoms with van der Waals surface area (Å²) in [6.07, 6.45) is 1.64. The summed E-state index contributed by atoms with van der Waals surface area (Å²) in [6, 6.07) is 11.1. The lowest BCUT2D eigenvalue weighted by atomic mass is 9.95. The van der Waals surface area contributed by atoms with Crippen molar-refractivity contribution in [1.29, 1.82) is 0 Å². The number of likely N-dealkylation sites (N-methyl/N-ethyl adjacent to an activating group) is 1. The number of ether oxygens (including phenoxy) is 3. The smallest absolute Gasteiger partial charge is 0.295 e. The normalized spacial score (nSPS) is 18.9. The third-order valence-electron chi connectivity index (χ3n) is 5.75. The highest BCUT2D eigenvalue weighted by atomic mass is 16.6. The molecule has 1 amide bonds. The number of fused-ring (bicyclic) bond motifs is 1. The molecule has 2 aliphatic rings. The van der Waals surface area contributed by atoms with Gasteiger partial charge in [-0.25, -0.2) is 0 Å². The highest BCUT2D eigenvalue weighted by Gasteiger charge is 2.44. The monoisotopic (exact) mass is 464 g/mol. The SMILES string of the molecule is C=CCOc1ccc(C2/C(=C(\[O-])c3ccc4c(c3)OCCO4)C(=O)C(=O)N2CC[NH+](C)C)cc1. The van der Waals surface area contributed by atoms with Crippen LogP contribution in [0, 0.1) is 0 Å². The van der Waals surface area contributed by atoms with E-state index in [1.54, 1.807) is 48.5 Å². The van der Waals surface area contributed by atoms with Gasteiger partial charge in [-0.05, 0) is 35.4 Å². The second-order valence-electron chi connectivity index (χ2n) is 8.46. The zero-order chi connectivity index (χ0) is 24.2. The van der Waals surface area contributed by atoms with E-state index in [0.717, 1.165) is 4.90 Å². The lowest BCUT2D eigenvalue weighted by molar-refractivity contribution is -0.857. The van der Waals surface area contributed by atoms with Crippen molar-refractivity contribution >= 4 is 17.4 Å². The zero-order valence-corrected chi connectivity index (χ0v) is 19.3. The quantitative estimate of drug-likeness (QED) is 0.263. The van der Waals surface area contributed by atoms with Gasteiger partial charge in [0.25, 0.3) is 5.91 Å². The molecule has 1 fully saturated rings. The topological polar surface area (TPSA) is 92.6 Å². The van der Waals surface area contributed by atoms with Crippen molar-refractivity contribution in [3.05, 3.63) is 71.8 Å². The fourth-order valence-corrected chi connectivity index (χ4v) is 4.03. The van der Waals surface area contributed by atoms with Crippen molar-refractivity contribution in [1.82, 2.24) is 4.90 Å². The first-order chi connectivity index (χ1) is 16.4. The van der Waals surface area contributed by atoms with Crippen molar-refractivity contribution < 1.29 is 33.8 Å². The number of Topliss-reactive ketones (excluding diaryl/α,β-unsaturated/α-hetero) is 1. The highest BCUT2D eigenvalue weighted by molar-refractivity contribution is 6.46. The van der Waals surface area contributed by atoms with Crippen molar-refractivity contribution in [2.75, 3.05) is 47.0 Å². The van der Waals surface area contributed by atoms with E-state index >= 15 is 0 Å². The molecule has 2 aliphatic heterocycles. The van der Waals surface area contributed by atoms with Gasteiger partial charge < -0.3 is 29.1 Å². The van der Waals surface area contributed by atoms with Gasteiger partial charge in [0.1, 0.15) is 25.6 Å². The van der Waals surface area contributed by atoms with Crippen LogP contribution in [0.2, 0.25) is 0 Å². The van der Waals surface area contributed by atoms with E-state index in [-0.39, 0.29) is 11.1 Å². The molecule has 178 valence electrons. The molecule has 1 saturated heterocycles. The van der Waals surface area contributed by atoms with Crippen LogP contribution in [0.15, 0.2) is 60.7 Å². The molecule has 8 heteroatoms. The zero-order valence-electron chi connectivity index (χ0n) is 19.3. The average molecular weight is 465 g/mol. The minimum absolute atomic E-state index is 0.0600. The molecular weight excluding hydrogens is 436 g/mol.